The van der Waals surface area contributed by atoms with E-state index in [4.69, 9.17) is 11.6 Å². The quantitative estimate of drug-likeness (QED) is 0.326. The molecule has 0 amide bonds. The van der Waals surface area contributed by atoms with E-state index >= 15 is 0 Å². The first kappa shape index (κ1) is 24.4. The third-order valence-electron chi connectivity index (χ3n) is 3.68. The fourth-order valence-corrected chi connectivity index (χ4v) is 3.91. The van der Waals surface area contributed by atoms with Gasteiger partial charge in [0, 0.05) is 31.7 Å². The first-order chi connectivity index (χ1) is 11.3. The standard InChI is InChI=1S/C16H27ClN4O2S.HI/c1-5-21(6-2)24(22,23)11-10-19-16(18-4)20-13(3)14-8-7-9-15(17)12-14;/h7-9,12-13H,5-6,10-11H2,1-4H3,(H2,18,19,20);1H. The minimum Gasteiger partial charge on any atom is -0.355 e. The number of guanidine groups is 1. The monoisotopic (exact) mass is 502 g/mol. The zero-order chi connectivity index (χ0) is 18.2. The Labute approximate surface area is 173 Å². The molecule has 25 heavy (non-hydrogen) atoms. The molecule has 6 nitrogen and oxygen atoms in total. The van der Waals surface area contributed by atoms with Gasteiger partial charge >= 0.3 is 0 Å². The number of benzene rings is 1. The highest BCUT2D eigenvalue weighted by Gasteiger charge is 2.18. The molecule has 1 atom stereocenters. The van der Waals surface area contributed by atoms with E-state index in [9.17, 15) is 8.42 Å². The van der Waals surface area contributed by atoms with Crippen LogP contribution in [0.2, 0.25) is 5.02 Å². The van der Waals surface area contributed by atoms with Crippen LogP contribution in [0.5, 0.6) is 0 Å². The summed E-state index contributed by atoms with van der Waals surface area (Å²) in [6.07, 6.45) is 0. The summed E-state index contributed by atoms with van der Waals surface area (Å²) in [6, 6.07) is 7.57. The first-order valence-electron chi connectivity index (χ1n) is 8.04. The molecule has 0 aliphatic rings. The highest BCUT2D eigenvalue weighted by molar-refractivity contribution is 14.0. The van der Waals surface area contributed by atoms with Crippen LogP contribution in [0.3, 0.4) is 0 Å². The molecule has 0 radical (unpaired) electrons. The summed E-state index contributed by atoms with van der Waals surface area (Å²) in [7, 11) is -1.59. The van der Waals surface area contributed by atoms with Crippen molar-refractivity contribution in [2.45, 2.75) is 26.8 Å². The predicted molar refractivity (Wildman–Crippen MR) is 116 cm³/mol. The number of aliphatic imine (C=N–C) groups is 1. The molecule has 144 valence electrons. The lowest BCUT2D eigenvalue weighted by Crippen LogP contribution is -2.42. The molecule has 2 N–H and O–H groups in total. The Morgan fingerprint density at radius 2 is 1.96 bits per heavy atom. The lowest BCUT2D eigenvalue weighted by Gasteiger charge is -2.20. The van der Waals surface area contributed by atoms with Crippen LogP contribution in [-0.4, -0.2) is 51.1 Å². The molecule has 1 aromatic rings. The molecule has 0 aromatic heterocycles. The smallest absolute Gasteiger partial charge is 0.215 e. The number of sulfonamides is 1. The molecule has 9 heteroatoms. The fourth-order valence-electron chi connectivity index (χ4n) is 2.30. The van der Waals surface area contributed by atoms with Crippen LogP contribution in [0.4, 0.5) is 0 Å². The van der Waals surface area contributed by atoms with Crippen molar-refractivity contribution < 1.29 is 8.42 Å². The lowest BCUT2D eigenvalue weighted by molar-refractivity contribution is 0.445. The molecule has 0 aliphatic carbocycles. The van der Waals surface area contributed by atoms with Crippen LogP contribution in [0.15, 0.2) is 29.3 Å². The minimum absolute atomic E-state index is 0. The zero-order valence-corrected chi connectivity index (χ0v) is 19.0. The Bertz CT molecular complexity index is 651. The molecule has 0 saturated heterocycles. The van der Waals surface area contributed by atoms with E-state index < -0.39 is 10.0 Å². The van der Waals surface area contributed by atoms with Crippen molar-refractivity contribution >= 4 is 51.6 Å². The minimum atomic E-state index is -3.24. The number of hydrogen-bond donors (Lipinski definition) is 2. The van der Waals surface area contributed by atoms with Gasteiger partial charge in [-0.1, -0.05) is 37.6 Å². The van der Waals surface area contributed by atoms with E-state index in [1.165, 1.54) is 4.31 Å². The largest absolute Gasteiger partial charge is 0.355 e. The lowest BCUT2D eigenvalue weighted by atomic mass is 10.1. The number of nitrogens with zero attached hydrogens (tertiary/aromatic N) is 2. The number of nitrogens with one attached hydrogen (secondary N) is 2. The summed E-state index contributed by atoms with van der Waals surface area (Å²) in [4.78, 5) is 4.13. The van der Waals surface area contributed by atoms with Gasteiger partial charge < -0.3 is 10.6 Å². The molecule has 0 heterocycles. The first-order valence-corrected chi connectivity index (χ1v) is 10.0. The van der Waals surface area contributed by atoms with Crippen LogP contribution in [0.25, 0.3) is 0 Å². The average Bonchev–Trinajstić information content (AvgIpc) is 2.54. The van der Waals surface area contributed by atoms with E-state index in [0.717, 1.165) is 5.56 Å². The third-order valence-corrected chi connectivity index (χ3v) is 5.94. The zero-order valence-electron chi connectivity index (χ0n) is 15.1. The predicted octanol–water partition coefficient (Wildman–Crippen LogP) is 2.86. The summed E-state index contributed by atoms with van der Waals surface area (Å²) < 4.78 is 25.8. The van der Waals surface area contributed by atoms with Crippen molar-refractivity contribution in [3.05, 3.63) is 34.9 Å². The van der Waals surface area contributed by atoms with E-state index in [2.05, 4.69) is 15.6 Å². The second kappa shape index (κ2) is 11.9. The molecule has 0 saturated carbocycles. The second-order valence-electron chi connectivity index (χ2n) is 5.32. The molecule has 1 rings (SSSR count). The molecule has 1 aromatic carbocycles. The molecule has 0 aliphatic heterocycles. The van der Waals surface area contributed by atoms with E-state index in [0.29, 0.717) is 30.6 Å². The summed E-state index contributed by atoms with van der Waals surface area (Å²) in [6.45, 7) is 6.92. The molecule has 0 fully saturated rings. The Morgan fingerprint density at radius 3 is 2.48 bits per heavy atom. The Balaban J connectivity index is 0.00000576. The van der Waals surface area contributed by atoms with Gasteiger partial charge in [0.2, 0.25) is 10.0 Å². The summed E-state index contributed by atoms with van der Waals surface area (Å²) in [5.74, 6) is 0.582. The Kier molecular flexibility index (Phi) is 11.6. The average molecular weight is 503 g/mol. The van der Waals surface area contributed by atoms with Crippen molar-refractivity contribution in [1.29, 1.82) is 0 Å². The summed E-state index contributed by atoms with van der Waals surface area (Å²) in [5, 5.41) is 6.94. The van der Waals surface area contributed by atoms with Crippen LogP contribution in [0, 0.1) is 0 Å². The van der Waals surface area contributed by atoms with Gasteiger partial charge in [-0.25, -0.2) is 12.7 Å². The van der Waals surface area contributed by atoms with Crippen molar-refractivity contribution in [3.8, 4) is 0 Å². The van der Waals surface area contributed by atoms with Crippen LogP contribution < -0.4 is 10.6 Å². The SMILES string of the molecule is CCN(CC)S(=O)(=O)CCNC(=NC)NC(C)c1cccc(Cl)c1.I. The number of hydrogen-bond acceptors (Lipinski definition) is 3. The van der Waals surface area contributed by atoms with Crippen molar-refractivity contribution in [3.63, 3.8) is 0 Å². The van der Waals surface area contributed by atoms with Gasteiger partial charge in [0.05, 0.1) is 11.8 Å². The summed E-state index contributed by atoms with van der Waals surface area (Å²) in [5.41, 5.74) is 1.03. The Hall–Kier alpha value is -0.580. The molecule has 0 bridgehead atoms. The summed E-state index contributed by atoms with van der Waals surface area (Å²) >= 11 is 6.01. The highest BCUT2D eigenvalue weighted by atomic mass is 127. The fraction of sp³-hybridized carbons (Fsp3) is 0.562. The maximum Gasteiger partial charge on any atom is 0.215 e. The van der Waals surface area contributed by atoms with E-state index in [-0.39, 0.29) is 35.8 Å². The van der Waals surface area contributed by atoms with Gasteiger partial charge in [-0.05, 0) is 24.6 Å². The number of halogens is 2. The van der Waals surface area contributed by atoms with Crippen LogP contribution in [-0.2, 0) is 10.0 Å². The van der Waals surface area contributed by atoms with Gasteiger partial charge in [0.15, 0.2) is 5.96 Å². The molecule has 1 unspecified atom stereocenters. The third kappa shape index (κ3) is 8.10. The van der Waals surface area contributed by atoms with E-state index in [1.807, 2.05) is 45.0 Å². The van der Waals surface area contributed by atoms with Crippen molar-refractivity contribution in [2.75, 3.05) is 32.4 Å². The van der Waals surface area contributed by atoms with Gasteiger partial charge in [-0.15, -0.1) is 24.0 Å². The van der Waals surface area contributed by atoms with Gasteiger partial charge in [0.25, 0.3) is 0 Å². The molecule has 0 spiro atoms. The van der Waals surface area contributed by atoms with Gasteiger partial charge in [-0.2, -0.15) is 0 Å². The van der Waals surface area contributed by atoms with Crippen LogP contribution in [0.1, 0.15) is 32.4 Å². The maximum atomic E-state index is 12.2. The normalized spacial score (nSPS) is 13.3. The molecular weight excluding hydrogens is 475 g/mol. The van der Waals surface area contributed by atoms with Crippen molar-refractivity contribution in [2.24, 2.45) is 4.99 Å². The van der Waals surface area contributed by atoms with E-state index in [1.54, 1.807) is 7.05 Å². The maximum absolute atomic E-state index is 12.2. The second-order valence-corrected chi connectivity index (χ2v) is 7.85. The number of rotatable bonds is 8. The topological polar surface area (TPSA) is 73.8 Å². The van der Waals surface area contributed by atoms with Crippen LogP contribution >= 0.6 is 35.6 Å². The highest BCUT2D eigenvalue weighted by Crippen LogP contribution is 2.17. The van der Waals surface area contributed by atoms with Gasteiger partial charge in [0.1, 0.15) is 0 Å². The van der Waals surface area contributed by atoms with Crippen molar-refractivity contribution in [1.82, 2.24) is 14.9 Å². The Morgan fingerprint density at radius 1 is 1.32 bits per heavy atom. The molecular formula is C16H28ClIN4O2S. The van der Waals surface area contributed by atoms with Gasteiger partial charge in [-0.3, -0.25) is 4.99 Å².